The van der Waals surface area contributed by atoms with Gasteiger partial charge in [-0.25, -0.2) is 21.2 Å². The van der Waals surface area contributed by atoms with Gasteiger partial charge in [0.2, 0.25) is 10.0 Å². The molecule has 0 radical (unpaired) electrons. The third-order valence-corrected chi connectivity index (χ3v) is 9.33. The average molecular weight is 459 g/mol. The van der Waals surface area contributed by atoms with Crippen LogP contribution in [0, 0.1) is 5.82 Å². The molecule has 2 aromatic rings. The van der Waals surface area contributed by atoms with Gasteiger partial charge < -0.3 is 0 Å². The van der Waals surface area contributed by atoms with Gasteiger partial charge >= 0.3 is 0 Å². The van der Waals surface area contributed by atoms with Crippen molar-refractivity contribution in [1.82, 2.24) is 4.31 Å². The monoisotopic (exact) mass is 458 g/mol. The van der Waals surface area contributed by atoms with Gasteiger partial charge in [0.15, 0.2) is 0 Å². The number of benzene rings is 2. The maximum Gasteiger partial charge on any atom is 0.264 e. The molecule has 2 aliphatic rings. The largest absolute Gasteiger partial charge is 0.266 e. The standard InChI is InChI=1S/C19H20ClFN2O4S2/c20-17-13-16(4-6-18(17)21)29(26,27)23-11-8-14-12-15(5-7-19(14)23)28(24,25)22-9-2-1-3-10-22/h4-7,12-13H,1-3,8-11H2. The smallest absolute Gasteiger partial charge is 0.264 e. The molecule has 0 bridgehead atoms. The molecular weight excluding hydrogens is 439 g/mol. The lowest BCUT2D eigenvalue weighted by Crippen LogP contribution is -2.35. The number of rotatable bonds is 4. The lowest BCUT2D eigenvalue weighted by Gasteiger charge is -2.26. The third kappa shape index (κ3) is 3.65. The quantitative estimate of drug-likeness (QED) is 0.703. The van der Waals surface area contributed by atoms with Crippen molar-refractivity contribution < 1.29 is 21.2 Å². The van der Waals surface area contributed by atoms with Crippen LogP contribution in [0.1, 0.15) is 24.8 Å². The summed E-state index contributed by atoms with van der Waals surface area (Å²) in [6.07, 6.45) is 3.11. The first-order valence-electron chi connectivity index (χ1n) is 9.32. The molecule has 0 atom stereocenters. The molecule has 0 aliphatic carbocycles. The van der Waals surface area contributed by atoms with E-state index in [4.69, 9.17) is 11.6 Å². The van der Waals surface area contributed by atoms with Gasteiger partial charge in [-0.05, 0) is 61.2 Å². The van der Waals surface area contributed by atoms with Gasteiger partial charge in [0.1, 0.15) is 5.82 Å². The zero-order valence-electron chi connectivity index (χ0n) is 15.5. The maximum absolute atomic E-state index is 13.4. The Balaban J connectivity index is 1.67. The summed E-state index contributed by atoms with van der Waals surface area (Å²) >= 11 is 5.74. The molecule has 2 aliphatic heterocycles. The second-order valence-electron chi connectivity index (χ2n) is 7.16. The van der Waals surface area contributed by atoms with Gasteiger partial charge in [0.05, 0.1) is 20.5 Å². The number of halogens is 2. The molecule has 156 valence electrons. The van der Waals surface area contributed by atoms with E-state index in [0.29, 0.717) is 30.8 Å². The van der Waals surface area contributed by atoms with Crippen LogP contribution in [0.2, 0.25) is 5.02 Å². The van der Waals surface area contributed by atoms with Crippen molar-refractivity contribution in [2.24, 2.45) is 0 Å². The number of anilines is 1. The molecule has 0 unspecified atom stereocenters. The fourth-order valence-corrected chi connectivity index (χ4v) is 7.12. The summed E-state index contributed by atoms with van der Waals surface area (Å²) in [5, 5.41) is -0.270. The summed E-state index contributed by atoms with van der Waals surface area (Å²) in [6.45, 7) is 1.19. The van der Waals surface area contributed by atoms with Crippen molar-refractivity contribution in [1.29, 1.82) is 0 Å². The SMILES string of the molecule is O=S(=O)(c1ccc2c(c1)CCN2S(=O)(=O)c1ccc(F)c(Cl)c1)N1CCCCC1. The summed E-state index contributed by atoms with van der Waals surface area (Å²) < 4.78 is 67.9. The molecule has 6 nitrogen and oxygen atoms in total. The van der Waals surface area contributed by atoms with E-state index in [2.05, 4.69) is 0 Å². The normalized spacial score (nSPS) is 18.1. The average Bonchev–Trinajstić information content (AvgIpc) is 3.14. The molecule has 2 aromatic carbocycles. The van der Waals surface area contributed by atoms with Crippen molar-refractivity contribution >= 4 is 37.3 Å². The zero-order valence-corrected chi connectivity index (χ0v) is 17.9. The number of hydrogen-bond donors (Lipinski definition) is 0. The Morgan fingerprint density at radius 1 is 0.828 bits per heavy atom. The van der Waals surface area contributed by atoms with Crippen LogP contribution in [0.25, 0.3) is 0 Å². The second kappa shape index (κ2) is 7.54. The van der Waals surface area contributed by atoms with Crippen molar-refractivity contribution in [2.45, 2.75) is 35.5 Å². The molecule has 1 fully saturated rings. The van der Waals surface area contributed by atoms with E-state index in [1.54, 1.807) is 6.07 Å². The first-order chi connectivity index (χ1) is 13.7. The van der Waals surface area contributed by atoms with Gasteiger partial charge in [-0.1, -0.05) is 18.0 Å². The van der Waals surface area contributed by atoms with Crippen LogP contribution < -0.4 is 4.31 Å². The predicted molar refractivity (Wildman–Crippen MR) is 109 cm³/mol. The molecule has 0 N–H and O–H groups in total. The highest BCUT2D eigenvalue weighted by atomic mass is 35.5. The molecule has 0 amide bonds. The lowest BCUT2D eigenvalue weighted by molar-refractivity contribution is 0.346. The van der Waals surface area contributed by atoms with Crippen LogP contribution in [0.3, 0.4) is 0 Å². The first-order valence-corrected chi connectivity index (χ1v) is 12.6. The Hall–Kier alpha value is -1.68. The van der Waals surface area contributed by atoms with Crippen LogP contribution in [0.4, 0.5) is 10.1 Å². The van der Waals surface area contributed by atoms with Crippen molar-refractivity contribution in [2.75, 3.05) is 23.9 Å². The Labute approximate surface area is 175 Å². The van der Waals surface area contributed by atoms with E-state index in [1.807, 2.05) is 0 Å². The molecular formula is C19H20ClFN2O4S2. The Kier molecular flexibility index (Phi) is 5.35. The van der Waals surface area contributed by atoms with Gasteiger partial charge in [0, 0.05) is 19.6 Å². The van der Waals surface area contributed by atoms with Crippen LogP contribution in [-0.4, -0.2) is 40.8 Å². The van der Waals surface area contributed by atoms with Crippen LogP contribution in [-0.2, 0) is 26.5 Å². The number of piperidine rings is 1. The molecule has 0 spiro atoms. The highest BCUT2D eigenvalue weighted by molar-refractivity contribution is 7.92. The number of fused-ring (bicyclic) bond motifs is 1. The van der Waals surface area contributed by atoms with E-state index < -0.39 is 25.9 Å². The summed E-state index contributed by atoms with van der Waals surface area (Å²) in [5.74, 6) is -0.694. The first kappa shape index (κ1) is 20.6. The van der Waals surface area contributed by atoms with E-state index >= 15 is 0 Å². The number of nitrogens with zero attached hydrogens (tertiary/aromatic N) is 2. The molecule has 10 heteroatoms. The fourth-order valence-electron chi connectivity index (χ4n) is 3.78. The zero-order chi connectivity index (χ0) is 20.8. The predicted octanol–water partition coefficient (Wildman–Crippen LogP) is 3.41. The molecule has 0 aromatic heterocycles. The van der Waals surface area contributed by atoms with Crippen LogP contribution in [0.15, 0.2) is 46.2 Å². The summed E-state index contributed by atoms with van der Waals surface area (Å²) in [7, 11) is -7.53. The van der Waals surface area contributed by atoms with Gasteiger partial charge in [-0.2, -0.15) is 4.31 Å². The van der Waals surface area contributed by atoms with Gasteiger partial charge in [-0.3, -0.25) is 4.31 Å². The summed E-state index contributed by atoms with van der Waals surface area (Å²) in [4.78, 5) is 0.0731. The lowest BCUT2D eigenvalue weighted by atomic mass is 10.2. The Morgan fingerprint density at radius 2 is 1.48 bits per heavy atom. The molecule has 4 rings (SSSR count). The van der Waals surface area contributed by atoms with Gasteiger partial charge in [-0.15, -0.1) is 0 Å². The number of hydrogen-bond acceptors (Lipinski definition) is 4. The third-order valence-electron chi connectivity index (χ3n) is 5.34. The van der Waals surface area contributed by atoms with E-state index in [-0.39, 0.29) is 21.4 Å². The van der Waals surface area contributed by atoms with Crippen LogP contribution in [0.5, 0.6) is 0 Å². The minimum Gasteiger partial charge on any atom is -0.266 e. The Bertz CT molecular complexity index is 1160. The van der Waals surface area contributed by atoms with Crippen LogP contribution >= 0.6 is 11.6 Å². The molecule has 29 heavy (non-hydrogen) atoms. The highest BCUT2D eigenvalue weighted by Crippen LogP contribution is 2.36. The minimum absolute atomic E-state index is 0.109. The van der Waals surface area contributed by atoms with E-state index in [0.717, 1.165) is 31.4 Å². The van der Waals surface area contributed by atoms with E-state index in [9.17, 15) is 21.2 Å². The topological polar surface area (TPSA) is 74.8 Å². The Morgan fingerprint density at radius 3 is 2.17 bits per heavy atom. The number of sulfonamides is 2. The summed E-state index contributed by atoms with van der Waals surface area (Å²) in [6, 6.07) is 7.81. The van der Waals surface area contributed by atoms with Crippen molar-refractivity contribution in [3.8, 4) is 0 Å². The molecule has 1 saturated heterocycles. The van der Waals surface area contributed by atoms with Crippen molar-refractivity contribution in [3.63, 3.8) is 0 Å². The van der Waals surface area contributed by atoms with Gasteiger partial charge in [0.25, 0.3) is 10.0 Å². The molecule has 2 heterocycles. The maximum atomic E-state index is 13.4. The van der Waals surface area contributed by atoms with Crippen molar-refractivity contribution in [3.05, 3.63) is 52.8 Å². The minimum atomic E-state index is -3.94. The van der Waals surface area contributed by atoms with E-state index in [1.165, 1.54) is 26.8 Å². The summed E-state index contributed by atoms with van der Waals surface area (Å²) in [5.41, 5.74) is 1.09. The fraction of sp³-hybridized carbons (Fsp3) is 0.368. The second-order valence-corrected chi connectivity index (χ2v) is 11.4. The molecule has 0 saturated carbocycles. The highest BCUT2D eigenvalue weighted by Gasteiger charge is 2.33.